The molecule has 0 aliphatic rings. The molecule has 0 saturated heterocycles. The van der Waals surface area contributed by atoms with E-state index in [0.29, 0.717) is 24.6 Å². The van der Waals surface area contributed by atoms with E-state index in [9.17, 15) is 0 Å². The molecular formula is C24H28N6O2S2. The maximum atomic E-state index is 6.52. The summed E-state index contributed by atoms with van der Waals surface area (Å²) in [5, 5.41) is 10.8. The predicted molar refractivity (Wildman–Crippen MR) is 143 cm³/mol. The zero-order valence-electron chi connectivity index (χ0n) is 20.1. The Kier molecular flexibility index (Phi) is 6.94. The molecule has 10 heteroatoms. The molecule has 4 aromatic heterocycles. The maximum absolute atomic E-state index is 6.52. The highest BCUT2D eigenvalue weighted by Gasteiger charge is 2.19. The SMILES string of the molecule is COCc1cc(C)nc2sc(C(C)=NN=C(C)c3sc4nc(C)cc(COC)c4c3N)c(N)c12. The number of anilines is 2. The number of nitrogens with two attached hydrogens (primary N) is 2. The lowest BCUT2D eigenvalue weighted by Gasteiger charge is -2.05. The van der Waals surface area contributed by atoms with Crippen molar-refractivity contribution in [2.75, 3.05) is 25.7 Å². The van der Waals surface area contributed by atoms with Gasteiger partial charge in [-0.1, -0.05) is 0 Å². The molecule has 8 nitrogen and oxygen atoms in total. The molecule has 0 atom stereocenters. The van der Waals surface area contributed by atoms with E-state index in [-0.39, 0.29) is 0 Å². The topological polar surface area (TPSA) is 121 Å². The first kappa shape index (κ1) is 24.2. The van der Waals surface area contributed by atoms with Crippen molar-refractivity contribution in [2.24, 2.45) is 10.2 Å². The molecule has 178 valence electrons. The summed E-state index contributed by atoms with van der Waals surface area (Å²) in [7, 11) is 3.34. The van der Waals surface area contributed by atoms with Gasteiger partial charge in [0.05, 0.1) is 45.8 Å². The number of methoxy groups -OCH3 is 2. The Morgan fingerprint density at radius 1 is 0.794 bits per heavy atom. The average molecular weight is 497 g/mol. The van der Waals surface area contributed by atoms with E-state index in [1.54, 1.807) is 14.2 Å². The molecule has 4 aromatic rings. The van der Waals surface area contributed by atoms with Crippen molar-refractivity contribution >= 4 is 65.9 Å². The zero-order chi connectivity index (χ0) is 24.6. The van der Waals surface area contributed by atoms with E-state index >= 15 is 0 Å². The fourth-order valence-electron chi connectivity index (χ4n) is 3.99. The van der Waals surface area contributed by atoms with Crippen LogP contribution >= 0.6 is 22.7 Å². The summed E-state index contributed by atoms with van der Waals surface area (Å²) in [5.74, 6) is 0. The first-order chi connectivity index (χ1) is 16.2. The van der Waals surface area contributed by atoms with Gasteiger partial charge in [-0.25, -0.2) is 9.97 Å². The van der Waals surface area contributed by atoms with Crippen LogP contribution in [0.25, 0.3) is 20.4 Å². The molecule has 0 amide bonds. The van der Waals surface area contributed by atoms with Gasteiger partial charge in [-0.3, -0.25) is 0 Å². The van der Waals surface area contributed by atoms with Gasteiger partial charge >= 0.3 is 0 Å². The van der Waals surface area contributed by atoms with Gasteiger partial charge in [0.25, 0.3) is 0 Å². The Hall–Kier alpha value is -2.92. The fraction of sp³-hybridized carbons (Fsp3) is 0.333. The summed E-state index contributed by atoms with van der Waals surface area (Å²) < 4.78 is 10.7. The van der Waals surface area contributed by atoms with Crippen LogP contribution in [0.3, 0.4) is 0 Å². The van der Waals surface area contributed by atoms with Gasteiger partial charge in [0, 0.05) is 36.4 Å². The maximum Gasteiger partial charge on any atom is 0.126 e. The number of ether oxygens (including phenoxy) is 2. The number of aryl methyl sites for hydroxylation is 2. The summed E-state index contributed by atoms with van der Waals surface area (Å²) in [6.45, 7) is 8.67. The second-order valence-corrected chi connectivity index (χ2v) is 10.1. The monoisotopic (exact) mass is 496 g/mol. The summed E-state index contributed by atoms with van der Waals surface area (Å²) in [6.07, 6.45) is 0. The highest BCUT2D eigenvalue weighted by atomic mass is 32.1. The van der Waals surface area contributed by atoms with Crippen molar-refractivity contribution in [3.8, 4) is 0 Å². The third kappa shape index (κ3) is 4.41. The molecule has 0 fully saturated rings. The van der Waals surface area contributed by atoms with Crippen molar-refractivity contribution < 1.29 is 9.47 Å². The summed E-state index contributed by atoms with van der Waals surface area (Å²) in [6, 6.07) is 4.01. The van der Waals surface area contributed by atoms with Crippen molar-refractivity contribution in [3.05, 3.63) is 44.4 Å². The second kappa shape index (κ2) is 9.75. The molecular weight excluding hydrogens is 468 g/mol. The second-order valence-electron chi connectivity index (χ2n) is 8.13. The minimum Gasteiger partial charge on any atom is -0.397 e. The summed E-state index contributed by atoms with van der Waals surface area (Å²) >= 11 is 3.02. The smallest absolute Gasteiger partial charge is 0.126 e. The molecule has 4 rings (SSSR count). The molecule has 0 aliphatic carbocycles. The highest BCUT2D eigenvalue weighted by Crippen LogP contribution is 2.37. The van der Waals surface area contributed by atoms with Crippen LogP contribution in [0, 0.1) is 13.8 Å². The van der Waals surface area contributed by atoms with Crippen molar-refractivity contribution in [1.82, 2.24) is 9.97 Å². The van der Waals surface area contributed by atoms with E-state index < -0.39 is 0 Å². The molecule has 0 radical (unpaired) electrons. The predicted octanol–water partition coefficient (Wildman–Crippen LogP) is 5.21. The van der Waals surface area contributed by atoms with Crippen molar-refractivity contribution in [1.29, 1.82) is 0 Å². The standard InChI is InChI=1S/C24H28N6O2S2/c1-11-7-15(9-31-5)17-19(25)21(33-23(17)27-11)13(3)29-30-14(4)22-20(26)18-16(10-32-6)8-12(2)28-24(18)34-22/h7-8H,9-10,25-26H2,1-6H3. The number of nitrogen functional groups attached to an aromatic ring is 2. The van der Waals surface area contributed by atoms with Crippen LogP contribution < -0.4 is 11.5 Å². The number of fused-ring (bicyclic) bond motifs is 2. The number of aromatic nitrogens is 2. The number of thiophene rings is 2. The molecule has 0 aromatic carbocycles. The van der Waals surface area contributed by atoms with Crippen LogP contribution in [0.15, 0.2) is 22.3 Å². The van der Waals surface area contributed by atoms with E-state index in [1.807, 2.05) is 39.8 Å². The zero-order valence-corrected chi connectivity index (χ0v) is 21.8. The lowest BCUT2D eigenvalue weighted by Crippen LogP contribution is -2.00. The number of hydrogen-bond acceptors (Lipinski definition) is 10. The van der Waals surface area contributed by atoms with Gasteiger partial charge in [0.1, 0.15) is 9.66 Å². The third-order valence-electron chi connectivity index (χ3n) is 5.42. The van der Waals surface area contributed by atoms with Crippen LogP contribution in [-0.2, 0) is 22.7 Å². The van der Waals surface area contributed by atoms with Gasteiger partial charge in [0.15, 0.2) is 0 Å². The lowest BCUT2D eigenvalue weighted by molar-refractivity contribution is 0.186. The van der Waals surface area contributed by atoms with E-state index in [2.05, 4.69) is 20.2 Å². The summed E-state index contributed by atoms with van der Waals surface area (Å²) in [5.41, 5.74) is 19.7. The first-order valence-corrected chi connectivity index (χ1v) is 12.3. The Labute approximate surface area is 206 Å². The number of rotatable bonds is 7. The van der Waals surface area contributed by atoms with Gasteiger partial charge in [-0.2, -0.15) is 10.2 Å². The van der Waals surface area contributed by atoms with Crippen molar-refractivity contribution in [2.45, 2.75) is 40.9 Å². The van der Waals surface area contributed by atoms with Gasteiger partial charge in [0.2, 0.25) is 0 Å². The molecule has 0 spiro atoms. The van der Waals surface area contributed by atoms with E-state index in [4.69, 9.17) is 20.9 Å². The first-order valence-electron chi connectivity index (χ1n) is 10.7. The van der Waals surface area contributed by atoms with E-state index in [0.717, 1.165) is 64.1 Å². The quantitative estimate of drug-likeness (QED) is 0.267. The van der Waals surface area contributed by atoms with Crippen LogP contribution in [-0.4, -0.2) is 35.6 Å². The summed E-state index contributed by atoms with van der Waals surface area (Å²) in [4.78, 5) is 12.8. The number of hydrogen-bond donors (Lipinski definition) is 2. The van der Waals surface area contributed by atoms with Crippen molar-refractivity contribution in [3.63, 3.8) is 0 Å². The molecule has 0 saturated carbocycles. The Morgan fingerprint density at radius 2 is 1.18 bits per heavy atom. The fourth-order valence-corrected chi connectivity index (χ4v) is 6.24. The van der Waals surface area contributed by atoms with Crippen LogP contribution in [0.2, 0.25) is 0 Å². The van der Waals surface area contributed by atoms with Crippen LogP contribution in [0.4, 0.5) is 11.4 Å². The van der Waals surface area contributed by atoms with Gasteiger partial charge < -0.3 is 20.9 Å². The Morgan fingerprint density at radius 3 is 1.53 bits per heavy atom. The van der Waals surface area contributed by atoms with Crippen LogP contribution in [0.5, 0.6) is 0 Å². The molecule has 0 unspecified atom stereocenters. The molecule has 4 N–H and O–H groups in total. The number of pyridine rings is 2. The largest absolute Gasteiger partial charge is 0.397 e. The molecule has 0 aliphatic heterocycles. The molecule has 0 bridgehead atoms. The normalized spacial score (nSPS) is 12.9. The molecule has 34 heavy (non-hydrogen) atoms. The lowest BCUT2D eigenvalue weighted by atomic mass is 10.1. The van der Waals surface area contributed by atoms with Crippen LogP contribution in [0.1, 0.15) is 46.1 Å². The Bertz CT molecular complexity index is 1340. The van der Waals surface area contributed by atoms with Gasteiger partial charge in [-0.05, 0) is 51.0 Å². The minimum atomic E-state index is 0.470. The highest BCUT2D eigenvalue weighted by molar-refractivity contribution is 7.21. The van der Waals surface area contributed by atoms with Gasteiger partial charge in [-0.15, -0.1) is 22.7 Å². The van der Waals surface area contributed by atoms with E-state index in [1.165, 1.54) is 22.7 Å². The molecule has 4 heterocycles. The minimum absolute atomic E-state index is 0.470. The number of nitrogens with zero attached hydrogens (tertiary/aromatic N) is 4. The average Bonchev–Trinajstić information content (AvgIpc) is 3.29. The Balaban J connectivity index is 1.75. The third-order valence-corrected chi connectivity index (χ3v) is 7.84.